The maximum Gasteiger partial charge on any atom is 0.222 e. The largest absolute Gasteiger partial charge is 0.342 e. The van der Waals surface area contributed by atoms with Gasteiger partial charge in [0, 0.05) is 44.4 Å². The molecule has 2 aromatic heterocycles. The zero-order valence-corrected chi connectivity index (χ0v) is 16.5. The van der Waals surface area contributed by atoms with Gasteiger partial charge in [-0.1, -0.05) is 12.8 Å². The van der Waals surface area contributed by atoms with E-state index in [9.17, 15) is 4.79 Å². The third-order valence-electron chi connectivity index (χ3n) is 6.02. The molecule has 1 saturated carbocycles. The summed E-state index contributed by atoms with van der Waals surface area (Å²) in [7, 11) is 4.12. The molecule has 27 heavy (non-hydrogen) atoms. The number of fused-ring (bicyclic) bond motifs is 1. The van der Waals surface area contributed by atoms with Crippen molar-refractivity contribution in [3.63, 3.8) is 0 Å². The van der Waals surface area contributed by atoms with E-state index < -0.39 is 0 Å². The number of carbonyl (C=O) groups excluding carboxylic acids is 1. The molecular weight excluding hydrogens is 340 g/mol. The van der Waals surface area contributed by atoms with Gasteiger partial charge in [0.25, 0.3) is 0 Å². The van der Waals surface area contributed by atoms with E-state index in [2.05, 4.69) is 29.0 Å². The number of hydrogen-bond donors (Lipinski definition) is 0. The van der Waals surface area contributed by atoms with Gasteiger partial charge in [-0.25, -0.2) is 14.6 Å². The molecule has 3 heterocycles. The molecular formula is C20H30N6O. The molecule has 1 aliphatic heterocycles. The Bertz CT molecular complexity index is 795. The highest BCUT2D eigenvalue weighted by molar-refractivity contribution is 5.78. The molecule has 0 unspecified atom stereocenters. The first-order chi connectivity index (χ1) is 13.1. The van der Waals surface area contributed by atoms with Gasteiger partial charge in [-0.3, -0.25) is 4.79 Å². The zero-order chi connectivity index (χ0) is 18.8. The molecule has 7 nitrogen and oxygen atoms in total. The van der Waals surface area contributed by atoms with Gasteiger partial charge in [-0.05, 0) is 39.3 Å². The lowest BCUT2D eigenvalue weighted by Crippen LogP contribution is -2.29. The van der Waals surface area contributed by atoms with Crippen LogP contribution >= 0.6 is 0 Å². The molecule has 4 rings (SSSR count). The van der Waals surface area contributed by atoms with E-state index >= 15 is 0 Å². The first kappa shape index (κ1) is 18.3. The van der Waals surface area contributed by atoms with E-state index in [1.54, 1.807) is 12.4 Å². The second-order valence-electron chi connectivity index (χ2n) is 8.32. The van der Waals surface area contributed by atoms with Gasteiger partial charge in [-0.15, -0.1) is 0 Å². The van der Waals surface area contributed by atoms with E-state index in [4.69, 9.17) is 5.10 Å². The Morgan fingerprint density at radius 2 is 1.96 bits per heavy atom. The van der Waals surface area contributed by atoms with Crippen LogP contribution in [-0.4, -0.2) is 69.2 Å². The third-order valence-corrected chi connectivity index (χ3v) is 6.02. The Morgan fingerprint density at radius 1 is 1.19 bits per heavy atom. The minimum Gasteiger partial charge on any atom is -0.342 e. The minimum absolute atomic E-state index is 0.261. The lowest BCUT2D eigenvalue weighted by molar-refractivity contribution is -0.131. The van der Waals surface area contributed by atoms with Gasteiger partial charge in [0.05, 0.1) is 12.2 Å². The first-order valence-corrected chi connectivity index (χ1v) is 10.2. The van der Waals surface area contributed by atoms with Gasteiger partial charge in [0.15, 0.2) is 5.65 Å². The minimum atomic E-state index is 0.261. The summed E-state index contributed by atoms with van der Waals surface area (Å²) in [5.41, 5.74) is 2.75. The topological polar surface area (TPSA) is 67.2 Å². The van der Waals surface area contributed by atoms with Gasteiger partial charge < -0.3 is 9.80 Å². The van der Waals surface area contributed by atoms with Crippen LogP contribution in [0, 0.1) is 5.92 Å². The van der Waals surface area contributed by atoms with Crippen LogP contribution in [0.3, 0.4) is 0 Å². The number of likely N-dealkylation sites (tertiary alicyclic amines) is 1. The second-order valence-corrected chi connectivity index (χ2v) is 8.32. The Hall–Kier alpha value is -2.02. The highest BCUT2D eigenvalue weighted by Gasteiger charge is 2.32. The Balaban J connectivity index is 1.48. The van der Waals surface area contributed by atoms with Crippen molar-refractivity contribution in [1.82, 2.24) is 29.5 Å². The number of carbonyl (C=O) groups is 1. The molecule has 1 amide bonds. The van der Waals surface area contributed by atoms with Crippen molar-refractivity contribution >= 4 is 17.1 Å². The average molecular weight is 371 g/mol. The van der Waals surface area contributed by atoms with Crippen molar-refractivity contribution in [3.05, 3.63) is 18.1 Å². The molecule has 0 bridgehead atoms. The van der Waals surface area contributed by atoms with E-state index in [1.165, 1.54) is 25.7 Å². The van der Waals surface area contributed by atoms with Crippen molar-refractivity contribution in [3.8, 4) is 0 Å². The summed E-state index contributed by atoms with van der Waals surface area (Å²) in [6.45, 7) is 3.30. The number of hydrogen-bond acceptors (Lipinski definition) is 5. The molecule has 1 saturated heterocycles. The predicted molar refractivity (Wildman–Crippen MR) is 104 cm³/mol. The Morgan fingerprint density at radius 3 is 2.74 bits per heavy atom. The monoisotopic (exact) mass is 370 g/mol. The fourth-order valence-corrected chi connectivity index (χ4v) is 4.45. The standard InChI is InChI=1S/C20H30N6O/c1-24(2)11-12-26-20-19(21-8-9-22-20)18(23-26)16-7-10-25(14-16)17(27)13-15-5-3-4-6-15/h8-9,15-16H,3-7,10-14H2,1-2H3/t16-/m0/s1. The van der Waals surface area contributed by atoms with E-state index in [-0.39, 0.29) is 5.92 Å². The van der Waals surface area contributed by atoms with Crippen LogP contribution in [0.15, 0.2) is 12.4 Å². The summed E-state index contributed by atoms with van der Waals surface area (Å²) in [6, 6.07) is 0. The smallest absolute Gasteiger partial charge is 0.222 e. The van der Waals surface area contributed by atoms with Crippen LogP contribution in [0.5, 0.6) is 0 Å². The summed E-state index contributed by atoms with van der Waals surface area (Å²) < 4.78 is 1.97. The summed E-state index contributed by atoms with van der Waals surface area (Å²) in [4.78, 5) is 26.0. The van der Waals surface area contributed by atoms with Crippen molar-refractivity contribution in [2.24, 2.45) is 5.92 Å². The quantitative estimate of drug-likeness (QED) is 0.780. The first-order valence-electron chi connectivity index (χ1n) is 10.2. The van der Waals surface area contributed by atoms with Crippen molar-refractivity contribution in [2.45, 2.75) is 51.0 Å². The molecule has 1 aliphatic carbocycles. The summed E-state index contributed by atoms with van der Waals surface area (Å²) in [5.74, 6) is 1.19. The molecule has 7 heteroatoms. The zero-order valence-electron chi connectivity index (χ0n) is 16.5. The number of nitrogens with zero attached hydrogens (tertiary/aromatic N) is 6. The lowest BCUT2D eigenvalue weighted by atomic mass is 10.0. The van der Waals surface area contributed by atoms with Crippen LogP contribution in [0.4, 0.5) is 0 Å². The Kier molecular flexibility index (Phi) is 5.38. The number of likely N-dealkylation sites (N-methyl/N-ethyl adjacent to an activating group) is 1. The van der Waals surface area contributed by atoms with Crippen molar-refractivity contribution in [2.75, 3.05) is 33.7 Å². The highest BCUT2D eigenvalue weighted by atomic mass is 16.2. The maximum atomic E-state index is 12.7. The fraction of sp³-hybridized carbons (Fsp3) is 0.700. The highest BCUT2D eigenvalue weighted by Crippen LogP contribution is 2.33. The molecule has 2 aliphatic rings. The average Bonchev–Trinajstić information content (AvgIpc) is 3.39. The lowest BCUT2D eigenvalue weighted by Gasteiger charge is -2.18. The number of amides is 1. The predicted octanol–water partition coefficient (Wildman–Crippen LogP) is 2.28. The molecule has 0 radical (unpaired) electrons. The normalized spacial score (nSPS) is 21.0. The summed E-state index contributed by atoms with van der Waals surface area (Å²) in [6.07, 6.45) is 10.2. The van der Waals surface area contributed by atoms with Crippen LogP contribution in [0.1, 0.15) is 50.1 Å². The van der Waals surface area contributed by atoms with Crippen LogP contribution in [-0.2, 0) is 11.3 Å². The van der Waals surface area contributed by atoms with E-state index in [1.807, 2.05) is 9.58 Å². The maximum absolute atomic E-state index is 12.7. The van der Waals surface area contributed by atoms with E-state index in [0.717, 1.165) is 55.9 Å². The van der Waals surface area contributed by atoms with Crippen LogP contribution < -0.4 is 0 Å². The van der Waals surface area contributed by atoms with Crippen LogP contribution in [0.2, 0.25) is 0 Å². The van der Waals surface area contributed by atoms with Crippen molar-refractivity contribution < 1.29 is 4.79 Å². The number of rotatable bonds is 6. The van der Waals surface area contributed by atoms with Gasteiger partial charge in [-0.2, -0.15) is 5.10 Å². The van der Waals surface area contributed by atoms with Gasteiger partial charge >= 0.3 is 0 Å². The SMILES string of the molecule is CN(C)CCn1nc([C@H]2CCN(C(=O)CC3CCCC3)C2)c2nccnc21. The third kappa shape index (κ3) is 3.98. The second kappa shape index (κ2) is 7.92. The van der Waals surface area contributed by atoms with Gasteiger partial charge in [0.1, 0.15) is 5.52 Å². The summed E-state index contributed by atoms with van der Waals surface area (Å²) >= 11 is 0. The molecule has 2 fully saturated rings. The van der Waals surface area contributed by atoms with Crippen LogP contribution in [0.25, 0.3) is 11.2 Å². The Labute approximate surface area is 160 Å². The fourth-order valence-electron chi connectivity index (χ4n) is 4.45. The molecule has 146 valence electrons. The number of aromatic nitrogens is 4. The molecule has 0 aromatic carbocycles. The molecule has 0 N–H and O–H groups in total. The van der Waals surface area contributed by atoms with Gasteiger partial charge in [0.2, 0.25) is 5.91 Å². The molecule has 2 aromatic rings. The summed E-state index contributed by atoms with van der Waals surface area (Å²) in [5, 5.41) is 4.87. The molecule has 1 atom stereocenters. The molecule has 0 spiro atoms. The van der Waals surface area contributed by atoms with E-state index in [0.29, 0.717) is 11.8 Å². The van der Waals surface area contributed by atoms with Crippen molar-refractivity contribution in [1.29, 1.82) is 0 Å².